The van der Waals surface area contributed by atoms with Gasteiger partial charge >= 0.3 is 5.97 Å². The first-order valence-electron chi connectivity index (χ1n) is 7.46. The maximum Gasteiger partial charge on any atom is 0.312 e. The Morgan fingerprint density at radius 3 is 2.00 bits per heavy atom. The van der Waals surface area contributed by atoms with Crippen molar-refractivity contribution in [2.24, 2.45) is 10.8 Å². The summed E-state index contributed by atoms with van der Waals surface area (Å²) in [5, 5.41) is 0. The van der Waals surface area contributed by atoms with Crippen LogP contribution in [0, 0.1) is 10.8 Å². The van der Waals surface area contributed by atoms with Crippen LogP contribution in [0.15, 0.2) is 0 Å². The number of hydrogen-bond acceptors (Lipinski definition) is 2. The SMILES string of the molecule is CCCCCCCC(C)(C)C(C)(C)C(=O)OCC. The Bertz CT molecular complexity index is 241. The third-order valence-electron chi connectivity index (χ3n) is 4.38. The summed E-state index contributed by atoms with van der Waals surface area (Å²) >= 11 is 0. The van der Waals surface area contributed by atoms with Gasteiger partial charge in [-0.1, -0.05) is 52.9 Å². The molecule has 2 nitrogen and oxygen atoms in total. The lowest BCUT2D eigenvalue weighted by atomic mass is 9.65. The summed E-state index contributed by atoms with van der Waals surface area (Å²) in [7, 11) is 0. The molecule has 0 fully saturated rings. The van der Waals surface area contributed by atoms with Crippen LogP contribution in [-0.2, 0) is 9.53 Å². The van der Waals surface area contributed by atoms with Crippen LogP contribution in [0.5, 0.6) is 0 Å². The maximum absolute atomic E-state index is 12.0. The summed E-state index contributed by atoms with van der Waals surface area (Å²) in [6, 6.07) is 0. The fraction of sp³-hybridized carbons (Fsp3) is 0.938. The number of hydrogen-bond donors (Lipinski definition) is 0. The van der Waals surface area contributed by atoms with Gasteiger partial charge in [0.25, 0.3) is 0 Å². The van der Waals surface area contributed by atoms with E-state index in [0.717, 1.165) is 6.42 Å². The van der Waals surface area contributed by atoms with E-state index in [4.69, 9.17) is 4.74 Å². The zero-order chi connectivity index (χ0) is 14.2. The fourth-order valence-electron chi connectivity index (χ4n) is 2.07. The molecule has 0 N–H and O–H groups in total. The molecule has 0 atom stereocenters. The van der Waals surface area contributed by atoms with Gasteiger partial charge in [-0.15, -0.1) is 0 Å². The molecule has 0 radical (unpaired) electrons. The molecule has 0 aliphatic carbocycles. The second-order valence-electron chi connectivity index (χ2n) is 6.39. The van der Waals surface area contributed by atoms with Crippen LogP contribution in [0.4, 0.5) is 0 Å². The normalized spacial score (nSPS) is 12.6. The molecule has 0 saturated heterocycles. The Morgan fingerprint density at radius 1 is 0.944 bits per heavy atom. The zero-order valence-corrected chi connectivity index (χ0v) is 13.3. The van der Waals surface area contributed by atoms with Gasteiger partial charge in [-0.05, 0) is 32.6 Å². The summed E-state index contributed by atoms with van der Waals surface area (Å²) in [5.41, 5.74) is -0.417. The molecule has 108 valence electrons. The second kappa shape index (κ2) is 7.81. The van der Waals surface area contributed by atoms with Gasteiger partial charge in [-0.2, -0.15) is 0 Å². The van der Waals surface area contributed by atoms with E-state index in [-0.39, 0.29) is 11.4 Å². The molecule has 0 saturated carbocycles. The maximum atomic E-state index is 12.0. The lowest BCUT2D eigenvalue weighted by Gasteiger charge is -2.39. The summed E-state index contributed by atoms with van der Waals surface area (Å²) in [4.78, 5) is 12.0. The number of unbranched alkanes of at least 4 members (excludes halogenated alkanes) is 4. The highest BCUT2D eigenvalue weighted by Gasteiger charge is 2.43. The number of esters is 1. The van der Waals surface area contributed by atoms with E-state index < -0.39 is 5.41 Å². The Kier molecular flexibility index (Phi) is 7.58. The topological polar surface area (TPSA) is 26.3 Å². The van der Waals surface area contributed by atoms with Crippen molar-refractivity contribution in [3.05, 3.63) is 0 Å². The van der Waals surface area contributed by atoms with E-state index in [1.165, 1.54) is 32.1 Å². The number of carbonyl (C=O) groups excluding carboxylic acids is 1. The van der Waals surface area contributed by atoms with Crippen LogP contribution in [-0.4, -0.2) is 12.6 Å². The van der Waals surface area contributed by atoms with Crippen molar-refractivity contribution in [2.45, 2.75) is 80.1 Å². The highest BCUT2D eigenvalue weighted by Crippen LogP contribution is 2.43. The fourth-order valence-corrected chi connectivity index (χ4v) is 2.07. The smallest absolute Gasteiger partial charge is 0.312 e. The van der Waals surface area contributed by atoms with Crippen molar-refractivity contribution in [3.8, 4) is 0 Å². The first-order chi connectivity index (χ1) is 8.29. The molecule has 0 spiro atoms. The van der Waals surface area contributed by atoms with Crippen LogP contribution in [0.2, 0.25) is 0 Å². The average molecular weight is 256 g/mol. The van der Waals surface area contributed by atoms with Crippen LogP contribution in [0.3, 0.4) is 0 Å². The number of rotatable bonds is 9. The van der Waals surface area contributed by atoms with E-state index >= 15 is 0 Å². The highest BCUT2D eigenvalue weighted by atomic mass is 16.5. The lowest BCUT2D eigenvalue weighted by Crippen LogP contribution is -2.40. The molecule has 0 bridgehead atoms. The molecule has 0 heterocycles. The Morgan fingerprint density at radius 2 is 1.50 bits per heavy atom. The molecule has 0 unspecified atom stereocenters. The van der Waals surface area contributed by atoms with E-state index in [2.05, 4.69) is 20.8 Å². The second-order valence-corrected chi connectivity index (χ2v) is 6.39. The average Bonchev–Trinajstić information content (AvgIpc) is 2.28. The molecule has 0 aliphatic rings. The van der Waals surface area contributed by atoms with Crippen molar-refractivity contribution < 1.29 is 9.53 Å². The molecule has 18 heavy (non-hydrogen) atoms. The van der Waals surface area contributed by atoms with Gasteiger partial charge in [-0.25, -0.2) is 0 Å². The van der Waals surface area contributed by atoms with Crippen LogP contribution in [0.25, 0.3) is 0 Å². The third-order valence-corrected chi connectivity index (χ3v) is 4.38. The predicted molar refractivity (Wildman–Crippen MR) is 77.6 cm³/mol. The van der Waals surface area contributed by atoms with Gasteiger partial charge < -0.3 is 4.74 Å². The van der Waals surface area contributed by atoms with Gasteiger partial charge in [0.05, 0.1) is 12.0 Å². The third kappa shape index (κ3) is 4.99. The van der Waals surface area contributed by atoms with Crippen molar-refractivity contribution in [3.63, 3.8) is 0 Å². The highest BCUT2D eigenvalue weighted by molar-refractivity contribution is 5.76. The molecule has 0 rings (SSSR count). The quantitative estimate of drug-likeness (QED) is 0.430. The zero-order valence-electron chi connectivity index (χ0n) is 13.3. The minimum atomic E-state index is -0.409. The van der Waals surface area contributed by atoms with Crippen molar-refractivity contribution in [2.75, 3.05) is 6.61 Å². The van der Waals surface area contributed by atoms with E-state index in [1.807, 2.05) is 20.8 Å². The van der Waals surface area contributed by atoms with Gasteiger partial charge in [0.15, 0.2) is 0 Å². The van der Waals surface area contributed by atoms with E-state index in [0.29, 0.717) is 6.61 Å². The molecular formula is C16H32O2. The molecule has 0 aliphatic heterocycles. The molecule has 2 heteroatoms. The Hall–Kier alpha value is -0.530. The Balaban J connectivity index is 4.28. The number of ether oxygens (including phenoxy) is 1. The first kappa shape index (κ1) is 17.5. The van der Waals surface area contributed by atoms with Crippen molar-refractivity contribution in [1.82, 2.24) is 0 Å². The van der Waals surface area contributed by atoms with Gasteiger partial charge in [0.2, 0.25) is 0 Å². The van der Waals surface area contributed by atoms with Crippen LogP contribution in [0.1, 0.15) is 80.1 Å². The standard InChI is InChI=1S/C16H32O2/c1-7-9-10-11-12-13-15(3,4)16(5,6)14(17)18-8-2/h7-13H2,1-6H3. The van der Waals surface area contributed by atoms with Gasteiger partial charge in [0.1, 0.15) is 0 Å². The Labute approximate surface area is 113 Å². The van der Waals surface area contributed by atoms with Crippen molar-refractivity contribution in [1.29, 1.82) is 0 Å². The minimum Gasteiger partial charge on any atom is -0.466 e. The minimum absolute atomic E-state index is 0.00846. The van der Waals surface area contributed by atoms with Gasteiger partial charge in [-0.3, -0.25) is 4.79 Å². The summed E-state index contributed by atoms with van der Waals surface area (Å²) < 4.78 is 5.20. The van der Waals surface area contributed by atoms with Crippen LogP contribution < -0.4 is 0 Å². The predicted octanol–water partition coefficient (Wildman–Crippen LogP) is 4.96. The van der Waals surface area contributed by atoms with E-state index in [9.17, 15) is 4.79 Å². The first-order valence-corrected chi connectivity index (χ1v) is 7.46. The summed E-state index contributed by atoms with van der Waals surface area (Å²) in [6.07, 6.45) is 7.47. The molecule has 0 aromatic rings. The molecule has 0 amide bonds. The molecule has 0 aromatic carbocycles. The van der Waals surface area contributed by atoms with Gasteiger partial charge in [0, 0.05) is 0 Å². The molecular weight excluding hydrogens is 224 g/mol. The summed E-state index contributed by atoms with van der Waals surface area (Å²) in [5.74, 6) is -0.0661. The summed E-state index contributed by atoms with van der Waals surface area (Å²) in [6.45, 7) is 13.0. The lowest BCUT2D eigenvalue weighted by molar-refractivity contribution is -0.160. The van der Waals surface area contributed by atoms with Crippen molar-refractivity contribution >= 4 is 5.97 Å². The monoisotopic (exact) mass is 256 g/mol. The molecule has 0 aromatic heterocycles. The largest absolute Gasteiger partial charge is 0.466 e. The van der Waals surface area contributed by atoms with E-state index in [1.54, 1.807) is 0 Å². The van der Waals surface area contributed by atoms with Crippen LogP contribution >= 0.6 is 0 Å². The number of carbonyl (C=O) groups is 1.